The average molecular weight is 406 g/mol. The first-order chi connectivity index (χ1) is 14.7. The van der Waals surface area contributed by atoms with Crippen molar-refractivity contribution >= 4 is 5.95 Å². The topological polar surface area (TPSA) is 60.4 Å². The Labute approximate surface area is 174 Å². The van der Waals surface area contributed by atoms with Gasteiger partial charge in [-0.05, 0) is 29.7 Å². The standard InChI is InChI=1S/C23H23FN4O2/c24-19-7-3-6-17(14-19)21-25-22(27-23(26-21)30-20-9-12-29-13-10-20)28-11-8-16-4-1-2-5-18(16)15-28/h1-7,14,20H,8-13,15H2. The van der Waals surface area contributed by atoms with Gasteiger partial charge in [-0.3, -0.25) is 0 Å². The second-order valence-corrected chi connectivity index (χ2v) is 7.62. The van der Waals surface area contributed by atoms with Crippen LogP contribution in [0.3, 0.4) is 0 Å². The van der Waals surface area contributed by atoms with Crippen LogP contribution in [-0.2, 0) is 17.7 Å². The fourth-order valence-electron chi connectivity index (χ4n) is 3.91. The largest absolute Gasteiger partial charge is 0.460 e. The van der Waals surface area contributed by atoms with Crippen molar-refractivity contribution in [1.82, 2.24) is 15.0 Å². The number of hydrogen-bond donors (Lipinski definition) is 0. The molecule has 154 valence electrons. The normalized spacial score (nSPS) is 16.9. The lowest BCUT2D eigenvalue weighted by atomic mass is 10.0. The van der Waals surface area contributed by atoms with Crippen molar-refractivity contribution < 1.29 is 13.9 Å². The van der Waals surface area contributed by atoms with E-state index in [1.807, 2.05) is 6.07 Å². The van der Waals surface area contributed by atoms with Crippen LogP contribution in [-0.4, -0.2) is 40.8 Å². The summed E-state index contributed by atoms with van der Waals surface area (Å²) in [5.41, 5.74) is 3.23. The van der Waals surface area contributed by atoms with Crippen molar-refractivity contribution in [2.24, 2.45) is 0 Å². The van der Waals surface area contributed by atoms with Gasteiger partial charge >= 0.3 is 6.01 Å². The number of rotatable bonds is 4. The van der Waals surface area contributed by atoms with Gasteiger partial charge in [-0.25, -0.2) is 4.39 Å². The Morgan fingerprint density at radius 1 is 0.967 bits per heavy atom. The lowest BCUT2D eigenvalue weighted by Crippen LogP contribution is -2.32. The number of nitrogens with zero attached hydrogens (tertiary/aromatic N) is 4. The number of hydrogen-bond acceptors (Lipinski definition) is 6. The highest BCUT2D eigenvalue weighted by Crippen LogP contribution is 2.26. The zero-order valence-corrected chi connectivity index (χ0v) is 16.6. The Kier molecular flexibility index (Phi) is 5.27. The van der Waals surface area contributed by atoms with E-state index in [0.717, 1.165) is 32.4 Å². The van der Waals surface area contributed by atoms with Crippen molar-refractivity contribution in [1.29, 1.82) is 0 Å². The lowest BCUT2D eigenvalue weighted by molar-refractivity contribution is 0.0217. The summed E-state index contributed by atoms with van der Waals surface area (Å²) >= 11 is 0. The van der Waals surface area contributed by atoms with Crippen LogP contribution >= 0.6 is 0 Å². The predicted molar refractivity (Wildman–Crippen MR) is 111 cm³/mol. The molecule has 7 heteroatoms. The Balaban J connectivity index is 1.49. The summed E-state index contributed by atoms with van der Waals surface area (Å²) < 4.78 is 25.3. The molecule has 0 spiro atoms. The van der Waals surface area contributed by atoms with Gasteiger partial charge in [0, 0.05) is 31.5 Å². The van der Waals surface area contributed by atoms with E-state index in [1.165, 1.54) is 23.3 Å². The molecule has 3 heterocycles. The lowest BCUT2D eigenvalue weighted by Gasteiger charge is -2.29. The Morgan fingerprint density at radius 2 is 1.80 bits per heavy atom. The molecule has 0 atom stereocenters. The summed E-state index contributed by atoms with van der Waals surface area (Å²) in [5.74, 6) is 0.648. The van der Waals surface area contributed by atoms with Gasteiger partial charge in [-0.15, -0.1) is 0 Å². The van der Waals surface area contributed by atoms with Gasteiger partial charge in [-0.1, -0.05) is 36.4 Å². The summed E-state index contributed by atoms with van der Waals surface area (Å²) in [6, 6.07) is 15.0. The van der Waals surface area contributed by atoms with Gasteiger partial charge in [0.05, 0.1) is 13.2 Å². The molecular formula is C23H23FN4O2. The summed E-state index contributed by atoms with van der Waals surface area (Å²) in [5, 5.41) is 0. The smallest absolute Gasteiger partial charge is 0.322 e. The molecule has 0 N–H and O–H groups in total. The van der Waals surface area contributed by atoms with Crippen LogP contribution in [0.25, 0.3) is 11.4 Å². The van der Waals surface area contributed by atoms with E-state index >= 15 is 0 Å². The molecule has 0 amide bonds. The first-order valence-electron chi connectivity index (χ1n) is 10.3. The highest BCUT2D eigenvalue weighted by molar-refractivity contribution is 5.57. The molecule has 30 heavy (non-hydrogen) atoms. The van der Waals surface area contributed by atoms with E-state index in [9.17, 15) is 4.39 Å². The second kappa shape index (κ2) is 8.36. The van der Waals surface area contributed by atoms with Gasteiger partial charge in [0.1, 0.15) is 11.9 Å². The van der Waals surface area contributed by atoms with E-state index < -0.39 is 0 Å². The molecule has 0 saturated carbocycles. The third kappa shape index (κ3) is 4.11. The van der Waals surface area contributed by atoms with Crippen LogP contribution in [0.5, 0.6) is 6.01 Å². The molecular weight excluding hydrogens is 383 g/mol. The van der Waals surface area contributed by atoms with E-state index in [4.69, 9.17) is 9.47 Å². The minimum atomic E-state index is -0.326. The number of benzene rings is 2. The summed E-state index contributed by atoms with van der Waals surface area (Å²) in [4.78, 5) is 15.9. The number of aromatic nitrogens is 3. The molecule has 3 aromatic rings. The molecule has 6 nitrogen and oxygen atoms in total. The zero-order valence-electron chi connectivity index (χ0n) is 16.6. The predicted octanol–water partition coefficient (Wildman–Crippen LogP) is 3.80. The van der Waals surface area contributed by atoms with E-state index in [1.54, 1.807) is 12.1 Å². The van der Waals surface area contributed by atoms with Crippen molar-refractivity contribution in [3.63, 3.8) is 0 Å². The molecule has 2 aliphatic rings. The van der Waals surface area contributed by atoms with Gasteiger partial charge in [0.15, 0.2) is 5.82 Å². The molecule has 1 aromatic heterocycles. The van der Waals surface area contributed by atoms with Gasteiger partial charge < -0.3 is 14.4 Å². The summed E-state index contributed by atoms with van der Waals surface area (Å²) in [6.07, 6.45) is 2.53. The van der Waals surface area contributed by atoms with E-state index in [0.29, 0.717) is 30.5 Å². The van der Waals surface area contributed by atoms with Crippen molar-refractivity contribution in [3.8, 4) is 17.4 Å². The van der Waals surface area contributed by atoms with Gasteiger partial charge in [-0.2, -0.15) is 15.0 Å². The fourth-order valence-corrected chi connectivity index (χ4v) is 3.91. The SMILES string of the molecule is Fc1cccc(-c2nc(OC3CCOCC3)nc(N3CCc4ccccc4C3)n2)c1. The minimum absolute atomic E-state index is 0.0106. The fraction of sp³-hybridized carbons (Fsp3) is 0.348. The van der Waals surface area contributed by atoms with Crippen LogP contribution in [0.1, 0.15) is 24.0 Å². The first kappa shape index (κ1) is 18.9. The number of anilines is 1. The molecule has 5 rings (SSSR count). The van der Waals surface area contributed by atoms with Gasteiger partial charge in [0.25, 0.3) is 0 Å². The second-order valence-electron chi connectivity index (χ2n) is 7.62. The van der Waals surface area contributed by atoms with Gasteiger partial charge in [0.2, 0.25) is 5.95 Å². The van der Waals surface area contributed by atoms with Crippen LogP contribution in [0.4, 0.5) is 10.3 Å². The highest BCUT2D eigenvalue weighted by Gasteiger charge is 2.23. The summed E-state index contributed by atoms with van der Waals surface area (Å²) in [6.45, 7) is 2.87. The Bertz CT molecular complexity index is 1040. The third-order valence-corrected chi connectivity index (χ3v) is 5.54. The van der Waals surface area contributed by atoms with Crippen LogP contribution in [0.15, 0.2) is 48.5 Å². The van der Waals surface area contributed by atoms with Crippen LogP contribution in [0, 0.1) is 5.82 Å². The highest BCUT2D eigenvalue weighted by atomic mass is 19.1. The van der Waals surface area contributed by atoms with Crippen molar-refractivity contribution in [3.05, 3.63) is 65.5 Å². The molecule has 1 saturated heterocycles. The minimum Gasteiger partial charge on any atom is -0.460 e. The molecule has 0 bridgehead atoms. The summed E-state index contributed by atoms with van der Waals surface area (Å²) in [7, 11) is 0. The van der Waals surface area contributed by atoms with Crippen molar-refractivity contribution in [2.75, 3.05) is 24.7 Å². The number of fused-ring (bicyclic) bond motifs is 1. The van der Waals surface area contributed by atoms with Crippen molar-refractivity contribution in [2.45, 2.75) is 31.9 Å². The van der Waals surface area contributed by atoms with E-state index in [2.05, 4.69) is 38.1 Å². The molecule has 0 aliphatic carbocycles. The van der Waals surface area contributed by atoms with Crippen LogP contribution in [0.2, 0.25) is 0 Å². The van der Waals surface area contributed by atoms with Crippen LogP contribution < -0.4 is 9.64 Å². The maximum absolute atomic E-state index is 13.8. The molecule has 2 aromatic carbocycles. The molecule has 2 aliphatic heterocycles. The average Bonchev–Trinajstić information content (AvgIpc) is 2.79. The molecule has 0 unspecified atom stereocenters. The zero-order chi connectivity index (χ0) is 20.3. The molecule has 0 radical (unpaired) electrons. The van der Waals surface area contributed by atoms with E-state index in [-0.39, 0.29) is 17.9 Å². The molecule has 1 fully saturated rings. The Hall–Kier alpha value is -3.06. The maximum Gasteiger partial charge on any atom is 0.322 e. The third-order valence-electron chi connectivity index (χ3n) is 5.54. The maximum atomic E-state index is 13.8. The Morgan fingerprint density at radius 3 is 2.63 bits per heavy atom. The first-order valence-corrected chi connectivity index (χ1v) is 10.3. The quantitative estimate of drug-likeness (QED) is 0.657. The number of ether oxygens (including phenoxy) is 2. The number of halogens is 1. The monoisotopic (exact) mass is 406 g/mol.